The number of rotatable bonds is 4. The number of carbonyl (C=O) groups is 4. The molecule has 0 radical (unpaired) electrons. The third-order valence-electron chi connectivity index (χ3n) is 4.27. The third kappa shape index (κ3) is 3.44. The molecule has 0 unspecified atom stereocenters. The van der Waals surface area contributed by atoms with Crippen LogP contribution in [-0.2, 0) is 36.9 Å². The normalized spacial score (nSPS) is 19.2. The van der Waals surface area contributed by atoms with E-state index in [4.69, 9.17) is 9.57 Å². The summed E-state index contributed by atoms with van der Waals surface area (Å²) in [6.07, 6.45) is 0.939. The van der Waals surface area contributed by atoms with Crippen molar-refractivity contribution in [2.45, 2.75) is 31.8 Å². The van der Waals surface area contributed by atoms with Gasteiger partial charge in [-0.05, 0) is 11.1 Å². The van der Waals surface area contributed by atoms with Crippen molar-refractivity contribution in [2.75, 3.05) is 6.61 Å². The molecule has 8 heteroatoms. The molecular weight excluding hydrogens is 340 g/mol. The monoisotopic (exact) mass is 358 g/mol. The van der Waals surface area contributed by atoms with Crippen LogP contribution in [-0.4, -0.2) is 46.5 Å². The van der Waals surface area contributed by atoms with Gasteiger partial charge < -0.3 is 9.57 Å². The first-order valence-electron chi connectivity index (χ1n) is 8.20. The van der Waals surface area contributed by atoms with Crippen molar-refractivity contribution in [3.63, 3.8) is 0 Å². The smallest absolute Gasteiger partial charge is 0.411 e. The zero-order valence-corrected chi connectivity index (χ0v) is 14.1. The average Bonchev–Trinajstić information content (AvgIpc) is 2.96. The van der Waals surface area contributed by atoms with Crippen LogP contribution in [0.5, 0.6) is 0 Å². The van der Waals surface area contributed by atoms with Gasteiger partial charge in [0.1, 0.15) is 12.6 Å². The van der Waals surface area contributed by atoms with E-state index in [0.717, 1.165) is 11.1 Å². The second-order valence-electron chi connectivity index (χ2n) is 5.97. The minimum absolute atomic E-state index is 0.00183. The fourth-order valence-electron chi connectivity index (χ4n) is 2.95. The highest BCUT2D eigenvalue weighted by atomic mass is 16.7. The van der Waals surface area contributed by atoms with Crippen LogP contribution in [0.15, 0.2) is 36.9 Å². The SMILES string of the molecule is C=CCOC(=O)N1Cc2ccccc2C[C@@H]1C(=O)ON1C(=O)CCC1=O. The molecule has 0 bridgehead atoms. The quantitative estimate of drug-likeness (QED) is 0.596. The van der Waals surface area contributed by atoms with Gasteiger partial charge in [-0.3, -0.25) is 14.5 Å². The van der Waals surface area contributed by atoms with Crippen LogP contribution in [0.1, 0.15) is 24.0 Å². The maximum Gasteiger partial charge on any atom is 0.411 e. The molecular formula is C18H18N2O6. The maximum absolute atomic E-state index is 12.6. The van der Waals surface area contributed by atoms with E-state index in [2.05, 4.69) is 6.58 Å². The summed E-state index contributed by atoms with van der Waals surface area (Å²) in [5.74, 6) is -1.99. The van der Waals surface area contributed by atoms with Crippen LogP contribution < -0.4 is 0 Å². The Kier molecular flexibility index (Phi) is 5.01. The summed E-state index contributed by atoms with van der Waals surface area (Å²) >= 11 is 0. The number of imide groups is 1. The molecule has 2 aliphatic heterocycles. The predicted molar refractivity (Wildman–Crippen MR) is 88.2 cm³/mol. The number of hydrogen-bond donors (Lipinski definition) is 0. The predicted octanol–water partition coefficient (Wildman–Crippen LogP) is 1.34. The molecule has 0 N–H and O–H groups in total. The molecule has 1 aromatic carbocycles. The summed E-state index contributed by atoms with van der Waals surface area (Å²) in [5, 5.41) is 0.482. The molecule has 0 aromatic heterocycles. The topological polar surface area (TPSA) is 93.2 Å². The highest BCUT2D eigenvalue weighted by Gasteiger charge is 2.40. The van der Waals surface area contributed by atoms with Gasteiger partial charge in [0.05, 0.1) is 6.54 Å². The van der Waals surface area contributed by atoms with Gasteiger partial charge in [0.15, 0.2) is 0 Å². The highest BCUT2D eigenvalue weighted by molar-refractivity contribution is 6.01. The van der Waals surface area contributed by atoms with Gasteiger partial charge in [-0.2, -0.15) is 0 Å². The number of amides is 3. The lowest BCUT2D eigenvalue weighted by Gasteiger charge is -2.34. The Morgan fingerprint density at radius 2 is 1.81 bits per heavy atom. The summed E-state index contributed by atoms with van der Waals surface area (Å²) in [7, 11) is 0. The van der Waals surface area contributed by atoms with Crippen molar-refractivity contribution in [1.82, 2.24) is 9.96 Å². The fraction of sp³-hybridized carbons (Fsp3) is 0.333. The molecule has 1 fully saturated rings. The fourth-order valence-corrected chi connectivity index (χ4v) is 2.95. The summed E-state index contributed by atoms with van der Waals surface area (Å²) in [6, 6.07) is 6.39. The van der Waals surface area contributed by atoms with Crippen LogP contribution in [0.2, 0.25) is 0 Å². The molecule has 1 atom stereocenters. The molecule has 2 heterocycles. The Balaban J connectivity index is 1.82. The van der Waals surface area contributed by atoms with Crippen LogP contribution in [0.4, 0.5) is 4.79 Å². The Morgan fingerprint density at radius 1 is 1.15 bits per heavy atom. The number of hydrogen-bond acceptors (Lipinski definition) is 6. The van der Waals surface area contributed by atoms with Gasteiger partial charge >= 0.3 is 12.1 Å². The molecule has 0 spiro atoms. The van der Waals surface area contributed by atoms with Crippen molar-refractivity contribution < 1.29 is 28.8 Å². The minimum atomic E-state index is -0.997. The van der Waals surface area contributed by atoms with E-state index in [1.807, 2.05) is 24.3 Å². The maximum atomic E-state index is 12.6. The van der Waals surface area contributed by atoms with Crippen LogP contribution in [0, 0.1) is 0 Å². The highest BCUT2D eigenvalue weighted by Crippen LogP contribution is 2.25. The first-order chi connectivity index (χ1) is 12.5. The number of carbonyl (C=O) groups excluding carboxylic acids is 4. The van der Waals surface area contributed by atoms with Gasteiger partial charge in [-0.25, -0.2) is 9.59 Å². The van der Waals surface area contributed by atoms with Crippen molar-refractivity contribution in [1.29, 1.82) is 0 Å². The van der Waals surface area contributed by atoms with Crippen LogP contribution >= 0.6 is 0 Å². The number of nitrogens with zero attached hydrogens (tertiary/aromatic N) is 2. The van der Waals surface area contributed by atoms with Gasteiger partial charge in [0, 0.05) is 19.3 Å². The number of ether oxygens (including phenoxy) is 1. The molecule has 26 heavy (non-hydrogen) atoms. The second-order valence-corrected chi connectivity index (χ2v) is 5.97. The largest absolute Gasteiger partial charge is 0.445 e. The molecule has 8 nitrogen and oxygen atoms in total. The van der Waals surface area contributed by atoms with Crippen molar-refractivity contribution in [3.05, 3.63) is 48.0 Å². The van der Waals surface area contributed by atoms with Gasteiger partial charge in [-0.1, -0.05) is 36.9 Å². The third-order valence-corrected chi connectivity index (χ3v) is 4.27. The van der Waals surface area contributed by atoms with E-state index in [-0.39, 0.29) is 32.4 Å². The molecule has 3 rings (SSSR count). The van der Waals surface area contributed by atoms with Gasteiger partial charge in [0.25, 0.3) is 11.8 Å². The standard InChI is InChI=1S/C18H18N2O6/c1-2-9-25-18(24)19-11-13-6-4-3-5-12(13)10-14(19)17(23)26-20-15(21)7-8-16(20)22/h2-6,14H,1,7-11H2/t14-/m1/s1. The van der Waals surface area contributed by atoms with Crippen molar-refractivity contribution in [3.8, 4) is 0 Å². The minimum Gasteiger partial charge on any atom is -0.445 e. The zero-order chi connectivity index (χ0) is 18.7. The second kappa shape index (κ2) is 7.38. The van der Waals surface area contributed by atoms with E-state index in [1.165, 1.54) is 11.0 Å². The number of benzene rings is 1. The first-order valence-corrected chi connectivity index (χ1v) is 8.20. The van der Waals surface area contributed by atoms with Crippen molar-refractivity contribution in [2.24, 2.45) is 0 Å². The molecule has 0 saturated carbocycles. The Labute approximate surface area is 149 Å². The number of fused-ring (bicyclic) bond motifs is 1. The van der Waals surface area contributed by atoms with Crippen molar-refractivity contribution >= 4 is 23.9 Å². The van der Waals surface area contributed by atoms with Crippen LogP contribution in [0.3, 0.4) is 0 Å². The van der Waals surface area contributed by atoms with E-state index < -0.39 is 29.9 Å². The van der Waals surface area contributed by atoms with Gasteiger partial charge in [0.2, 0.25) is 0 Å². The molecule has 0 aliphatic carbocycles. The molecule has 136 valence electrons. The van der Waals surface area contributed by atoms with Crippen LogP contribution in [0.25, 0.3) is 0 Å². The number of hydroxylamine groups is 2. The average molecular weight is 358 g/mol. The molecule has 2 aliphatic rings. The zero-order valence-electron chi connectivity index (χ0n) is 14.1. The summed E-state index contributed by atoms with van der Waals surface area (Å²) in [4.78, 5) is 54.5. The van der Waals surface area contributed by atoms with E-state index in [1.54, 1.807) is 0 Å². The van der Waals surface area contributed by atoms with E-state index >= 15 is 0 Å². The lowest BCUT2D eigenvalue weighted by molar-refractivity contribution is -0.201. The first kappa shape index (κ1) is 17.7. The summed E-state index contributed by atoms with van der Waals surface area (Å²) in [6.45, 7) is 3.65. The Morgan fingerprint density at radius 3 is 2.46 bits per heavy atom. The Hall–Kier alpha value is -3.16. The molecule has 1 aromatic rings. The summed E-state index contributed by atoms with van der Waals surface area (Å²) in [5.41, 5.74) is 1.78. The molecule has 1 saturated heterocycles. The van der Waals surface area contributed by atoms with E-state index in [9.17, 15) is 19.2 Å². The Bertz CT molecular complexity index is 759. The lowest BCUT2D eigenvalue weighted by atomic mass is 9.94. The summed E-state index contributed by atoms with van der Waals surface area (Å²) < 4.78 is 5.05. The lowest BCUT2D eigenvalue weighted by Crippen LogP contribution is -2.51. The van der Waals surface area contributed by atoms with Gasteiger partial charge in [-0.15, -0.1) is 5.06 Å². The van der Waals surface area contributed by atoms with E-state index in [0.29, 0.717) is 5.06 Å². The molecule has 3 amide bonds.